The van der Waals surface area contributed by atoms with Crippen molar-refractivity contribution in [1.29, 1.82) is 0 Å². The van der Waals surface area contributed by atoms with Gasteiger partial charge in [-0.05, 0) is 22.0 Å². The van der Waals surface area contributed by atoms with E-state index in [1.165, 1.54) is 6.07 Å². The molecule has 0 unspecified atom stereocenters. The number of aliphatic hydroxyl groups excluding tert-OH is 1. The molecule has 0 fully saturated rings. The van der Waals surface area contributed by atoms with Crippen molar-refractivity contribution in [3.63, 3.8) is 0 Å². The molecule has 0 spiro atoms. The second-order valence-electron chi connectivity index (χ2n) is 1.81. The van der Waals surface area contributed by atoms with E-state index in [4.69, 9.17) is 10.2 Å². The number of aliphatic hydroxyl groups is 1. The number of phenolic OH excluding ortho intramolecular Hbond substituents is 1. The first-order valence-corrected chi connectivity index (χ1v) is 3.50. The molecule has 0 saturated heterocycles. The number of phenols is 1. The molecular formula is C7H6BrO2. The van der Waals surface area contributed by atoms with E-state index in [-0.39, 0.29) is 5.75 Å². The zero-order valence-corrected chi connectivity index (χ0v) is 6.67. The summed E-state index contributed by atoms with van der Waals surface area (Å²) < 4.78 is 0.512. The van der Waals surface area contributed by atoms with Gasteiger partial charge in [-0.3, -0.25) is 0 Å². The Hall–Kier alpha value is -0.540. The summed E-state index contributed by atoms with van der Waals surface area (Å²) in [6, 6.07) is 4.88. The molecule has 2 nitrogen and oxygen atoms in total. The highest BCUT2D eigenvalue weighted by Crippen LogP contribution is 2.27. The van der Waals surface area contributed by atoms with E-state index < -0.39 is 0 Å². The van der Waals surface area contributed by atoms with Crippen molar-refractivity contribution in [2.75, 3.05) is 0 Å². The standard InChI is InChI=1S/C7H6BrO2/c8-7-5(4-9)2-1-3-6(7)10/h1-4,9-10H. The van der Waals surface area contributed by atoms with Crippen LogP contribution in [0.3, 0.4) is 0 Å². The van der Waals surface area contributed by atoms with Crippen LogP contribution in [0.25, 0.3) is 0 Å². The molecule has 0 heterocycles. The summed E-state index contributed by atoms with van der Waals surface area (Å²) in [6.45, 7) is 0.934. The number of aromatic hydroxyl groups is 1. The second kappa shape index (κ2) is 3.03. The number of halogens is 1. The van der Waals surface area contributed by atoms with Crippen LogP contribution in [0.15, 0.2) is 22.7 Å². The van der Waals surface area contributed by atoms with Gasteiger partial charge in [0, 0.05) is 5.56 Å². The van der Waals surface area contributed by atoms with Crippen LogP contribution in [0, 0.1) is 6.61 Å². The lowest BCUT2D eigenvalue weighted by Gasteiger charge is -2.00. The molecule has 0 bridgehead atoms. The summed E-state index contributed by atoms with van der Waals surface area (Å²) in [6.07, 6.45) is 0. The van der Waals surface area contributed by atoms with Crippen LogP contribution in [0.4, 0.5) is 0 Å². The lowest BCUT2D eigenvalue weighted by Crippen LogP contribution is -1.81. The van der Waals surface area contributed by atoms with E-state index in [1.54, 1.807) is 12.1 Å². The van der Waals surface area contributed by atoms with Gasteiger partial charge in [0.1, 0.15) is 12.4 Å². The highest BCUT2D eigenvalue weighted by atomic mass is 79.9. The van der Waals surface area contributed by atoms with E-state index >= 15 is 0 Å². The van der Waals surface area contributed by atoms with Crippen molar-refractivity contribution in [2.45, 2.75) is 0 Å². The molecule has 1 aromatic rings. The normalized spacial score (nSPS) is 9.80. The van der Waals surface area contributed by atoms with Crippen molar-refractivity contribution in [2.24, 2.45) is 0 Å². The molecule has 3 heteroatoms. The maximum absolute atomic E-state index is 9.05. The van der Waals surface area contributed by atoms with Crippen LogP contribution in [-0.4, -0.2) is 10.2 Å². The highest BCUT2D eigenvalue weighted by Gasteiger charge is 2.01. The van der Waals surface area contributed by atoms with Gasteiger partial charge in [-0.2, -0.15) is 0 Å². The summed E-state index contributed by atoms with van der Waals surface area (Å²) in [7, 11) is 0. The number of hydrogen-bond acceptors (Lipinski definition) is 2. The minimum atomic E-state index is 0.128. The van der Waals surface area contributed by atoms with Crippen molar-refractivity contribution >= 4 is 15.9 Å². The third-order valence-corrected chi connectivity index (χ3v) is 2.01. The van der Waals surface area contributed by atoms with Crippen LogP contribution in [0.2, 0.25) is 0 Å². The molecule has 0 atom stereocenters. The van der Waals surface area contributed by atoms with E-state index in [2.05, 4.69) is 15.9 Å². The topological polar surface area (TPSA) is 40.5 Å². The average molecular weight is 202 g/mol. The quantitative estimate of drug-likeness (QED) is 0.731. The minimum absolute atomic E-state index is 0.128. The fourth-order valence-corrected chi connectivity index (χ4v) is 1.00. The molecule has 1 radical (unpaired) electrons. The van der Waals surface area contributed by atoms with Crippen molar-refractivity contribution < 1.29 is 10.2 Å². The Kier molecular flexibility index (Phi) is 2.29. The molecule has 0 aliphatic heterocycles. The lowest BCUT2D eigenvalue weighted by atomic mass is 10.2. The number of hydrogen-bond donors (Lipinski definition) is 2. The largest absolute Gasteiger partial charge is 0.507 e. The fraction of sp³-hybridized carbons (Fsp3) is 0. The van der Waals surface area contributed by atoms with Gasteiger partial charge >= 0.3 is 0 Å². The Labute approximate surface area is 67.3 Å². The highest BCUT2D eigenvalue weighted by molar-refractivity contribution is 9.10. The molecule has 0 saturated carbocycles. The first-order valence-electron chi connectivity index (χ1n) is 2.70. The number of benzene rings is 1. The van der Waals surface area contributed by atoms with Crippen LogP contribution in [0.5, 0.6) is 5.75 Å². The maximum atomic E-state index is 9.05. The van der Waals surface area contributed by atoms with Gasteiger partial charge in [-0.25, -0.2) is 0 Å². The van der Waals surface area contributed by atoms with Gasteiger partial charge in [0.15, 0.2) is 0 Å². The van der Waals surface area contributed by atoms with Gasteiger partial charge < -0.3 is 10.2 Å². The van der Waals surface area contributed by atoms with Crippen molar-refractivity contribution in [1.82, 2.24) is 0 Å². The molecule has 53 valence electrons. The van der Waals surface area contributed by atoms with Gasteiger partial charge in [-0.15, -0.1) is 0 Å². The van der Waals surface area contributed by atoms with Gasteiger partial charge in [-0.1, -0.05) is 12.1 Å². The van der Waals surface area contributed by atoms with Gasteiger partial charge in [0.05, 0.1) is 4.47 Å². The third-order valence-electron chi connectivity index (χ3n) is 1.15. The Morgan fingerprint density at radius 3 is 2.60 bits per heavy atom. The molecule has 0 aliphatic carbocycles. The molecule has 0 aliphatic rings. The Balaban J connectivity index is 3.14. The van der Waals surface area contributed by atoms with Crippen LogP contribution in [0.1, 0.15) is 5.56 Å². The summed E-state index contributed by atoms with van der Waals surface area (Å²) >= 11 is 3.10. The summed E-state index contributed by atoms with van der Waals surface area (Å²) in [5.74, 6) is 0.128. The summed E-state index contributed by atoms with van der Waals surface area (Å²) in [5.41, 5.74) is 0.569. The maximum Gasteiger partial charge on any atom is 0.130 e. The smallest absolute Gasteiger partial charge is 0.130 e. The zero-order chi connectivity index (χ0) is 7.56. The van der Waals surface area contributed by atoms with Crippen LogP contribution in [-0.2, 0) is 0 Å². The molecule has 0 aromatic heterocycles. The predicted octanol–water partition coefficient (Wildman–Crippen LogP) is 2.04. The van der Waals surface area contributed by atoms with Gasteiger partial charge in [0.25, 0.3) is 0 Å². The van der Waals surface area contributed by atoms with E-state index in [0.717, 1.165) is 6.61 Å². The fourth-order valence-electron chi connectivity index (χ4n) is 0.637. The molecule has 0 amide bonds. The Morgan fingerprint density at radius 1 is 1.40 bits per heavy atom. The first-order chi connectivity index (χ1) is 4.75. The van der Waals surface area contributed by atoms with E-state index in [9.17, 15) is 0 Å². The number of rotatable bonds is 1. The predicted molar refractivity (Wildman–Crippen MR) is 41.1 cm³/mol. The lowest BCUT2D eigenvalue weighted by molar-refractivity contribution is 0.411. The zero-order valence-electron chi connectivity index (χ0n) is 5.08. The van der Waals surface area contributed by atoms with Crippen LogP contribution >= 0.6 is 15.9 Å². The Morgan fingerprint density at radius 2 is 2.10 bits per heavy atom. The monoisotopic (exact) mass is 201 g/mol. The van der Waals surface area contributed by atoms with Gasteiger partial charge in [0.2, 0.25) is 0 Å². The average Bonchev–Trinajstić information content (AvgIpc) is 1.95. The molecule has 1 rings (SSSR count). The van der Waals surface area contributed by atoms with Crippen molar-refractivity contribution in [3.05, 3.63) is 34.8 Å². The summed E-state index contributed by atoms with van der Waals surface area (Å²) in [5, 5.41) is 17.6. The first kappa shape index (κ1) is 7.57. The summed E-state index contributed by atoms with van der Waals surface area (Å²) in [4.78, 5) is 0. The third kappa shape index (κ3) is 1.30. The van der Waals surface area contributed by atoms with E-state index in [1.807, 2.05) is 0 Å². The van der Waals surface area contributed by atoms with Crippen molar-refractivity contribution in [3.8, 4) is 5.75 Å². The van der Waals surface area contributed by atoms with Crippen LogP contribution < -0.4 is 0 Å². The van der Waals surface area contributed by atoms with E-state index in [0.29, 0.717) is 10.0 Å². The molecular weight excluding hydrogens is 196 g/mol. The molecule has 2 N–H and O–H groups in total. The SMILES string of the molecule is O[CH]c1cccc(O)c1Br. The second-order valence-corrected chi connectivity index (χ2v) is 2.60. The minimum Gasteiger partial charge on any atom is -0.507 e. The Bertz CT molecular complexity index is 235. The molecule has 10 heavy (non-hydrogen) atoms. The molecule has 1 aromatic carbocycles.